The lowest BCUT2D eigenvalue weighted by Gasteiger charge is -2.06. The first kappa shape index (κ1) is 12.1. The second-order valence-electron chi connectivity index (χ2n) is 3.73. The van der Waals surface area contributed by atoms with Crippen molar-refractivity contribution < 1.29 is 19.0 Å². The zero-order chi connectivity index (χ0) is 13.1. The van der Waals surface area contributed by atoms with E-state index in [4.69, 9.17) is 0 Å². The van der Waals surface area contributed by atoms with Gasteiger partial charge in [0.1, 0.15) is 17.1 Å². The molecular formula is C14H11FO3. The van der Waals surface area contributed by atoms with Crippen molar-refractivity contribution in [3.05, 3.63) is 53.8 Å². The van der Waals surface area contributed by atoms with Gasteiger partial charge in [-0.1, -0.05) is 18.2 Å². The van der Waals surface area contributed by atoms with Crippen molar-refractivity contribution in [2.75, 3.05) is 7.11 Å². The highest BCUT2D eigenvalue weighted by atomic mass is 19.1. The predicted molar refractivity (Wildman–Crippen MR) is 64.8 cm³/mol. The Hall–Kier alpha value is -2.36. The lowest BCUT2D eigenvalue weighted by atomic mass is 10.0. The van der Waals surface area contributed by atoms with E-state index in [1.165, 1.54) is 31.4 Å². The molecule has 0 radical (unpaired) electrons. The van der Waals surface area contributed by atoms with Crippen LogP contribution in [0.3, 0.4) is 0 Å². The van der Waals surface area contributed by atoms with E-state index in [0.717, 1.165) is 0 Å². The zero-order valence-electron chi connectivity index (χ0n) is 9.68. The first-order valence-electron chi connectivity index (χ1n) is 5.29. The number of aromatic hydroxyl groups is 1. The summed E-state index contributed by atoms with van der Waals surface area (Å²) in [6.07, 6.45) is 0. The monoisotopic (exact) mass is 246 g/mol. The molecule has 1 N–H and O–H groups in total. The van der Waals surface area contributed by atoms with Crippen LogP contribution in [-0.2, 0) is 4.74 Å². The second-order valence-corrected chi connectivity index (χ2v) is 3.73. The highest BCUT2D eigenvalue weighted by Crippen LogP contribution is 2.26. The fraction of sp³-hybridized carbons (Fsp3) is 0.0714. The van der Waals surface area contributed by atoms with Gasteiger partial charge in [-0.2, -0.15) is 0 Å². The summed E-state index contributed by atoms with van der Waals surface area (Å²) >= 11 is 0. The minimum atomic E-state index is -0.634. The van der Waals surface area contributed by atoms with E-state index in [0.29, 0.717) is 11.1 Å². The average molecular weight is 246 g/mol. The lowest BCUT2D eigenvalue weighted by Crippen LogP contribution is -2.01. The summed E-state index contributed by atoms with van der Waals surface area (Å²) < 4.78 is 17.7. The summed E-state index contributed by atoms with van der Waals surface area (Å²) in [7, 11) is 1.23. The number of rotatable bonds is 2. The van der Waals surface area contributed by atoms with Crippen LogP contribution in [0.15, 0.2) is 42.5 Å². The quantitative estimate of drug-likeness (QED) is 0.828. The predicted octanol–water partition coefficient (Wildman–Crippen LogP) is 2.98. The molecule has 0 unspecified atom stereocenters. The van der Waals surface area contributed by atoms with Crippen LogP contribution in [0.25, 0.3) is 11.1 Å². The number of ether oxygens (including phenoxy) is 1. The number of hydrogen-bond acceptors (Lipinski definition) is 3. The molecule has 2 rings (SSSR count). The summed E-state index contributed by atoms with van der Waals surface area (Å²) in [6.45, 7) is 0. The molecule has 0 aliphatic carbocycles. The van der Waals surface area contributed by atoms with Crippen molar-refractivity contribution >= 4 is 5.97 Å². The molecule has 3 nitrogen and oxygen atoms in total. The van der Waals surface area contributed by atoms with E-state index < -0.39 is 5.97 Å². The Labute approximate surface area is 103 Å². The largest absolute Gasteiger partial charge is 0.507 e. The van der Waals surface area contributed by atoms with Crippen molar-refractivity contribution in [3.63, 3.8) is 0 Å². The topological polar surface area (TPSA) is 46.5 Å². The number of phenolic OH excluding ortho intramolecular Hbond substituents is 1. The Morgan fingerprint density at radius 2 is 1.89 bits per heavy atom. The van der Waals surface area contributed by atoms with Crippen molar-refractivity contribution in [3.8, 4) is 16.9 Å². The summed E-state index contributed by atoms with van der Waals surface area (Å²) in [4.78, 5) is 11.4. The minimum Gasteiger partial charge on any atom is -0.507 e. The van der Waals surface area contributed by atoms with Crippen molar-refractivity contribution in [2.45, 2.75) is 0 Å². The van der Waals surface area contributed by atoms with E-state index in [-0.39, 0.29) is 17.1 Å². The Morgan fingerprint density at radius 1 is 1.17 bits per heavy atom. The van der Waals surface area contributed by atoms with Crippen molar-refractivity contribution in [1.29, 1.82) is 0 Å². The van der Waals surface area contributed by atoms with Gasteiger partial charge >= 0.3 is 5.97 Å². The third kappa shape index (κ3) is 2.32. The molecule has 0 bridgehead atoms. The van der Waals surface area contributed by atoms with Gasteiger partial charge in [0.05, 0.1) is 7.11 Å². The van der Waals surface area contributed by atoms with Crippen LogP contribution < -0.4 is 0 Å². The number of esters is 1. The van der Waals surface area contributed by atoms with Gasteiger partial charge in [0, 0.05) is 0 Å². The molecule has 0 aromatic heterocycles. The molecular weight excluding hydrogens is 235 g/mol. The highest BCUT2D eigenvalue weighted by Gasteiger charge is 2.12. The maximum absolute atomic E-state index is 13.1. The molecule has 0 heterocycles. The van der Waals surface area contributed by atoms with E-state index in [1.54, 1.807) is 18.2 Å². The molecule has 0 spiro atoms. The van der Waals surface area contributed by atoms with Gasteiger partial charge < -0.3 is 9.84 Å². The summed E-state index contributed by atoms with van der Waals surface area (Å²) in [5, 5.41) is 9.56. The highest BCUT2D eigenvalue weighted by molar-refractivity contribution is 5.93. The molecule has 0 fully saturated rings. The number of carbonyl (C=O) groups is 1. The Kier molecular flexibility index (Phi) is 3.28. The van der Waals surface area contributed by atoms with E-state index in [1.807, 2.05) is 0 Å². The van der Waals surface area contributed by atoms with Gasteiger partial charge in [0.2, 0.25) is 0 Å². The molecule has 0 saturated carbocycles. The van der Waals surface area contributed by atoms with Gasteiger partial charge in [-0.25, -0.2) is 9.18 Å². The smallest absolute Gasteiger partial charge is 0.341 e. The fourth-order valence-corrected chi connectivity index (χ4v) is 1.66. The van der Waals surface area contributed by atoms with Gasteiger partial charge in [-0.15, -0.1) is 0 Å². The molecule has 0 aliphatic heterocycles. The van der Waals surface area contributed by atoms with E-state index in [9.17, 15) is 14.3 Å². The van der Waals surface area contributed by atoms with E-state index >= 15 is 0 Å². The second kappa shape index (κ2) is 4.87. The summed E-state index contributed by atoms with van der Waals surface area (Å²) in [5.74, 6) is -1.16. The minimum absolute atomic E-state index is 0.0549. The van der Waals surface area contributed by atoms with Crippen LogP contribution in [0.1, 0.15) is 10.4 Å². The normalized spacial score (nSPS) is 10.1. The maximum Gasteiger partial charge on any atom is 0.341 e. The Morgan fingerprint density at radius 3 is 2.56 bits per heavy atom. The molecule has 4 heteroatoms. The first-order chi connectivity index (χ1) is 8.61. The SMILES string of the molecule is COC(=O)c1cc(-c2cccc(F)c2)ccc1O. The van der Waals surface area contributed by atoms with Crippen LogP contribution in [0.2, 0.25) is 0 Å². The fourth-order valence-electron chi connectivity index (χ4n) is 1.66. The average Bonchev–Trinajstić information content (AvgIpc) is 2.38. The number of hydrogen-bond donors (Lipinski definition) is 1. The summed E-state index contributed by atoms with van der Waals surface area (Å²) in [5.41, 5.74) is 1.31. The number of methoxy groups -OCH3 is 1. The molecule has 92 valence electrons. The van der Waals surface area contributed by atoms with Crippen LogP contribution in [-0.4, -0.2) is 18.2 Å². The third-order valence-electron chi connectivity index (χ3n) is 2.56. The van der Waals surface area contributed by atoms with Gasteiger partial charge in [-0.05, 0) is 35.4 Å². The van der Waals surface area contributed by atoms with Crippen LogP contribution in [0.4, 0.5) is 4.39 Å². The van der Waals surface area contributed by atoms with Crippen LogP contribution >= 0.6 is 0 Å². The lowest BCUT2D eigenvalue weighted by molar-refractivity contribution is 0.0597. The maximum atomic E-state index is 13.1. The van der Waals surface area contributed by atoms with Gasteiger partial charge in [0.15, 0.2) is 0 Å². The molecule has 18 heavy (non-hydrogen) atoms. The van der Waals surface area contributed by atoms with E-state index in [2.05, 4.69) is 4.74 Å². The number of benzene rings is 2. The Balaban J connectivity index is 2.50. The summed E-state index contributed by atoms with van der Waals surface area (Å²) in [6, 6.07) is 10.4. The van der Waals surface area contributed by atoms with Gasteiger partial charge in [-0.3, -0.25) is 0 Å². The molecule has 2 aromatic carbocycles. The molecule has 0 amide bonds. The third-order valence-corrected chi connectivity index (χ3v) is 2.56. The zero-order valence-corrected chi connectivity index (χ0v) is 9.68. The molecule has 0 aliphatic rings. The standard InChI is InChI=1S/C14H11FO3/c1-18-14(17)12-8-10(5-6-13(12)16)9-3-2-4-11(15)7-9/h2-8,16H,1H3. The molecule has 0 saturated heterocycles. The number of phenols is 1. The van der Waals surface area contributed by atoms with Crippen molar-refractivity contribution in [2.24, 2.45) is 0 Å². The first-order valence-corrected chi connectivity index (χ1v) is 5.29. The number of halogens is 1. The van der Waals surface area contributed by atoms with Crippen LogP contribution in [0.5, 0.6) is 5.75 Å². The van der Waals surface area contributed by atoms with Crippen LogP contribution in [0, 0.1) is 5.82 Å². The van der Waals surface area contributed by atoms with Gasteiger partial charge in [0.25, 0.3) is 0 Å². The van der Waals surface area contributed by atoms with Crippen molar-refractivity contribution in [1.82, 2.24) is 0 Å². The number of carbonyl (C=O) groups excluding carboxylic acids is 1. The molecule has 2 aromatic rings. The molecule has 0 atom stereocenters. The Bertz CT molecular complexity index is 593.